The maximum absolute atomic E-state index is 13.5. The lowest BCUT2D eigenvalue weighted by molar-refractivity contribution is -0.136. The molecule has 1 saturated carbocycles. The Bertz CT molecular complexity index is 1190. The lowest BCUT2D eigenvalue weighted by atomic mass is 10.0. The summed E-state index contributed by atoms with van der Waals surface area (Å²) in [6, 6.07) is 9.53. The van der Waals surface area contributed by atoms with Crippen LogP contribution in [-0.2, 0) is 9.53 Å². The van der Waals surface area contributed by atoms with Crippen LogP contribution in [0.5, 0.6) is 5.75 Å². The van der Waals surface area contributed by atoms with E-state index < -0.39 is 11.8 Å². The Morgan fingerprint density at radius 1 is 1.05 bits per heavy atom. The van der Waals surface area contributed by atoms with Crippen LogP contribution in [0.1, 0.15) is 37.0 Å². The minimum absolute atomic E-state index is 0.00229. The minimum atomic E-state index is -0.571. The molecule has 0 bridgehead atoms. The molecular weight excluding hydrogens is 491 g/mol. The highest BCUT2D eigenvalue weighted by Gasteiger charge is 2.37. The fraction of sp³-hybridized carbons (Fsp3) is 0.464. The fourth-order valence-corrected chi connectivity index (χ4v) is 4.58. The van der Waals surface area contributed by atoms with Gasteiger partial charge in [-0.05, 0) is 50.1 Å². The molecule has 2 N–H and O–H groups in total. The summed E-state index contributed by atoms with van der Waals surface area (Å²) in [5.74, 6) is -0.242. The van der Waals surface area contributed by atoms with Gasteiger partial charge in [-0.25, -0.2) is 9.18 Å². The number of nitrogens with zero attached hydrogens (tertiary/aromatic N) is 2. The van der Waals surface area contributed by atoms with Gasteiger partial charge < -0.3 is 29.9 Å². The van der Waals surface area contributed by atoms with Crippen LogP contribution in [0.3, 0.4) is 0 Å². The van der Waals surface area contributed by atoms with Crippen molar-refractivity contribution in [2.45, 2.75) is 38.8 Å². The molecule has 0 unspecified atom stereocenters. The van der Waals surface area contributed by atoms with Crippen molar-refractivity contribution < 1.29 is 28.2 Å². The van der Waals surface area contributed by atoms with Crippen LogP contribution in [0.2, 0.25) is 0 Å². The molecule has 0 saturated heterocycles. The van der Waals surface area contributed by atoms with Crippen LogP contribution in [0.4, 0.5) is 20.6 Å². The van der Waals surface area contributed by atoms with Gasteiger partial charge in [-0.2, -0.15) is 0 Å². The van der Waals surface area contributed by atoms with Crippen molar-refractivity contribution in [3.63, 3.8) is 0 Å². The summed E-state index contributed by atoms with van der Waals surface area (Å²) >= 11 is 0. The first-order valence-corrected chi connectivity index (χ1v) is 12.9. The molecular formula is C28H35FN4O5. The van der Waals surface area contributed by atoms with Crippen molar-refractivity contribution in [3.05, 3.63) is 53.8 Å². The molecule has 4 amide bonds. The molecule has 0 radical (unpaired) electrons. The van der Waals surface area contributed by atoms with E-state index in [2.05, 4.69) is 10.6 Å². The van der Waals surface area contributed by atoms with E-state index in [1.54, 1.807) is 43.3 Å². The smallest absolute Gasteiger partial charge is 0.323 e. The number of methoxy groups -OCH3 is 1. The first-order valence-electron chi connectivity index (χ1n) is 12.9. The highest BCUT2D eigenvalue weighted by atomic mass is 19.1. The second kappa shape index (κ2) is 11.8. The monoisotopic (exact) mass is 526 g/mol. The molecule has 1 fully saturated rings. The molecule has 0 spiro atoms. The zero-order chi connectivity index (χ0) is 27.4. The molecule has 9 nitrogen and oxygen atoms in total. The van der Waals surface area contributed by atoms with Crippen LogP contribution in [0, 0.1) is 17.7 Å². The second-order valence-corrected chi connectivity index (χ2v) is 10.2. The molecule has 2 aliphatic rings. The summed E-state index contributed by atoms with van der Waals surface area (Å²) in [5, 5.41) is 5.27. The minimum Gasteiger partial charge on any atom is -0.491 e. The molecule has 1 aliphatic carbocycles. The number of carbonyl (C=O) groups is 3. The molecule has 10 heteroatoms. The van der Waals surface area contributed by atoms with Gasteiger partial charge in [0.25, 0.3) is 5.91 Å². The molecule has 2 aromatic rings. The number of carbonyl (C=O) groups excluding carboxylic acids is 3. The number of amides is 4. The standard InChI is InChI=1S/C28H35FN4O5/c1-17-14-33(26(34)19-8-9-19)18(2)16-38-24-13-22(31-28(36)30-21-7-5-6-20(29)12-21)10-11-23(24)27(35)32(3)15-25(17)37-4/h5-7,10-13,17-19,25H,8-9,14-16H2,1-4H3,(H2,30,31,36)/t17-,18+,25+/m0/s1. The molecule has 0 aromatic heterocycles. The Balaban J connectivity index is 1.58. The quantitative estimate of drug-likeness (QED) is 0.622. The van der Waals surface area contributed by atoms with E-state index >= 15 is 0 Å². The number of hydrogen-bond donors (Lipinski definition) is 2. The third-order valence-corrected chi connectivity index (χ3v) is 7.00. The van der Waals surface area contributed by atoms with Crippen molar-refractivity contribution >= 4 is 29.2 Å². The zero-order valence-corrected chi connectivity index (χ0v) is 22.2. The topological polar surface area (TPSA) is 100 Å². The lowest BCUT2D eigenvalue weighted by Crippen LogP contribution is -2.49. The number of rotatable bonds is 4. The number of ether oxygens (including phenoxy) is 2. The Labute approximate surface area is 222 Å². The van der Waals surface area contributed by atoms with Crippen LogP contribution in [0.15, 0.2) is 42.5 Å². The van der Waals surface area contributed by atoms with E-state index in [1.165, 1.54) is 18.2 Å². The van der Waals surface area contributed by atoms with Crippen molar-refractivity contribution in [3.8, 4) is 5.75 Å². The number of fused-ring (bicyclic) bond motifs is 1. The van der Waals surface area contributed by atoms with Gasteiger partial charge >= 0.3 is 6.03 Å². The third kappa shape index (κ3) is 6.61. The van der Waals surface area contributed by atoms with Crippen molar-refractivity contribution in [2.75, 3.05) is 44.5 Å². The zero-order valence-electron chi connectivity index (χ0n) is 22.2. The van der Waals surface area contributed by atoms with Gasteiger partial charge in [0.15, 0.2) is 0 Å². The predicted octanol–water partition coefficient (Wildman–Crippen LogP) is 4.21. The number of nitrogens with one attached hydrogen (secondary N) is 2. The van der Waals surface area contributed by atoms with Gasteiger partial charge in [0.05, 0.1) is 17.7 Å². The Morgan fingerprint density at radius 3 is 2.42 bits per heavy atom. The summed E-state index contributed by atoms with van der Waals surface area (Å²) in [6.45, 7) is 4.97. The van der Waals surface area contributed by atoms with Crippen molar-refractivity contribution in [2.24, 2.45) is 11.8 Å². The van der Waals surface area contributed by atoms with Crippen molar-refractivity contribution in [1.29, 1.82) is 0 Å². The van der Waals surface area contributed by atoms with Gasteiger partial charge in [-0.15, -0.1) is 0 Å². The summed E-state index contributed by atoms with van der Waals surface area (Å²) in [5.41, 5.74) is 1.03. The predicted molar refractivity (Wildman–Crippen MR) is 142 cm³/mol. The number of likely N-dealkylation sites (N-methyl/N-ethyl adjacent to an activating group) is 1. The maximum Gasteiger partial charge on any atom is 0.323 e. The Morgan fingerprint density at radius 2 is 1.76 bits per heavy atom. The average molecular weight is 527 g/mol. The van der Waals surface area contributed by atoms with Gasteiger partial charge in [-0.3, -0.25) is 9.59 Å². The van der Waals surface area contributed by atoms with E-state index in [1.807, 2.05) is 18.7 Å². The van der Waals surface area contributed by atoms with E-state index in [4.69, 9.17) is 9.47 Å². The SMILES string of the molecule is CO[C@@H]1CN(C)C(=O)c2ccc(NC(=O)Nc3cccc(F)c3)cc2OC[C@@H](C)N(C(=O)C2CC2)C[C@@H]1C. The first-order chi connectivity index (χ1) is 18.2. The number of halogens is 1. The second-order valence-electron chi connectivity index (χ2n) is 10.2. The largest absolute Gasteiger partial charge is 0.491 e. The van der Waals surface area contributed by atoms with Crippen LogP contribution >= 0.6 is 0 Å². The third-order valence-electron chi connectivity index (χ3n) is 7.00. The van der Waals surface area contributed by atoms with Crippen LogP contribution in [0.25, 0.3) is 0 Å². The molecule has 38 heavy (non-hydrogen) atoms. The Kier molecular flexibility index (Phi) is 8.51. The van der Waals surface area contributed by atoms with Crippen LogP contribution < -0.4 is 15.4 Å². The summed E-state index contributed by atoms with van der Waals surface area (Å²) < 4.78 is 25.3. The highest BCUT2D eigenvalue weighted by molar-refractivity contribution is 6.01. The highest BCUT2D eigenvalue weighted by Crippen LogP contribution is 2.33. The van der Waals surface area contributed by atoms with Gasteiger partial charge in [0.2, 0.25) is 5.91 Å². The summed E-state index contributed by atoms with van der Waals surface area (Å²) in [7, 11) is 3.32. The number of anilines is 2. The lowest BCUT2D eigenvalue weighted by Gasteiger charge is -2.36. The van der Waals surface area contributed by atoms with E-state index in [-0.39, 0.29) is 42.4 Å². The molecule has 204 valence electrons. The number of benzene rings is 2. The molecule has 2 aromatic carbocycles. The van der Waals surface area contributed by atoms with E-state index in [9.17, 15) is 18.8 Å². The van der Waals surface area contributed by atoms with Gasteiger partial charge in [-0.1, -0.05) is 13.0 Å². The fourth-order valence-electron chi connectivity index (χ4n) is 4.58. The van der Waals surface area contributed by atoms with E-state index in [0.717, 1.165) is 12.8 Å². The van der Waals surface area contributed by atoms with E-state index in [0.29, 0.717) is 35.8 Å². The molecule has 3 atom stereocenters. The maximum atomic E-state index is 13.5. The number of hydrogen-bond acceptors (Lipinski definition) is 5. The van der Waals surface area contributed by atoms with Crippen LogP contribution in [-0.4, -0.2) is 73.6 Å². The van der Waals surface area contributed by atoms with Gasteiger partial charge in [0.1, 0.15) is 18.2 Å². The molecule has 1 aliphatic heterocycles. The number of urea groups is 1. The normalized spacial score (nSPS) is 22.4. The first kappa shape index (κ1) is 27.4. The average Bonchev–Trinajstić information content (AvgIpc) is 3.73. The molecule has 4 rings (SSSR count). The summed E-state index contributed by atoms with van der Waals surface area (Å²) in [6.07, 6.45) is 1.54. The van der Waals surface area contributed by atoms with Crippen molar-refractivity contribution in [1.82, 2.24) is 9.80 Å². The summed E-state index contributed by atoms with van der Waals surface area (Å²) in [4.78, 5) is 42.4. The molecule has 1 heterocycles. The Hall–Kier alpha value is -3.66. The van der Waals surface area contributed by atoms with Gasteiger partial charge in [0, 0.05) is 56.5 Å².